The first-order chi connectivity index (χ1) is 9.61. The lowest BCUT2D eigenvalue weighted by Crippen LogP contribution is -2.23. The van der Waals surface area contributed by atoms with Crippen LogP contribution in [0.3, 0.4) is 0 Å². The van der Waals surface area contributed by atoms with Crippen molar-refractivity contribution in [2.45, 2.75) is 20.0 Å². The van der Waals surface area contributed by atoms with Crippen LogP contribution < -0.4 is 11.1 Å². The number of phenols is 1. The van der Waals surface area contributed by atoms with Crippen LogP contribution in [0.2, 0.25) is 0 Å². The molecular weight excluding hydrogens is 252 g/mol. The van der Waals surface area contributed by atoms with Crippen LogP contribution in [0.25, 0.3) is 0 Å². The minimum atomic E-state index is -0.288. The van der Waals surface area contributed by atoms with Crippen molar-refractivity contribution in [3.63, 3.8) is 0 Å². The van der Waals surface area contributed by atoms with Crippen LogP contribution in [0, 0.1) is 6.92 Å². The fourth-order valence-corrected chi connectivity index (χ4v) is 1.99. The van der Waals surface area contributed by atoms with Crippen molar-refractivity contribution in [2.24, 2.45) is 5.73 Å². The Hall–Kier alpha value is -2.33. The average molecular weight is 270 g/mol. The van der Waals surface area contributed by atoms with Crippen molar-refractivity contribution in [2.75, 3.05) is 0 Å². The van der Waals surface area contributed by atoms with E-state index in [9.17, 15) is 9.90 Å². The van der Waals surface area contributed by atoms with Gasteiger partial charge in [-0.25, -0.2) is 0 Å². The Kier molecular flexibility index (Phi) is 4.38. The van der Waals surface area contributed by atoms with E-state index in [0.717, 1.165) is 11.1 Å². The summed E-state index contributed by atoms with van der Waals surface area (Å²) >= 11 is 0. The van der Waals surface area contributed by atoms with Gasteiger partial charge in [0.1, 0.15) is 5.75 Å². The number of para-hydroxylation sites is 1. The molecule has 4 N–H and O–H groups in total. The summed E-state index contributed by atoms with van der Waals surface area (Å²) in [7, 11) is 0. The zero-order valence-electron chi connectivity index (χ0n) is 11.4. The highest BCUT2D eigenvalue weighted by Gasteiger charge is 2.11. The van der Waals surface area contributed by atoms with Crippen molar-refractivity contribution in [1.29, 1.82) is 0 Å². The van der Waals surface area contributed by atoms with E-state index in [1.807, 2.05) is 24.3 Å². The number of nitrogens with two attached hydrogens (primary N) is 1. The maximum atomic E-state index is 12.0. The first-order valence-corrected chi connectivity index (χ1v) is 6.46. The number of nitrogens with one attached hydrogen (secondary N) is 1. The molecule has 0 spiro atoms. The molecule has 104 valence electrons. The van der Waals surface area contributed by atoms with Crippen molar-refractivity contribution < 1.29 is 9.90 Å². The Labute approximate surface area is 118 Å². The number of benzene rings is 2. The summed E-state index contributed by atoms with van der Waals surface area (Å²) in [5.74, 6) is -0.259. The standard InChI is InChI=1S/C16H18N2O2/c1-11-4-2-7-14(15(11)19)16(20)18-10-13-6-3-5-12(8-13)9-17/h2-8,19H,9-10,17H2,1H3,(H,18,20). The second-order valence-corrected chi connectivity index (χ2v) is 4.68. The van der Waals surface area contributed by atoms with Gasteiger partial charge in [-0.1, -0.05) is 36.4 Å². The fourth-order valence-electron chi connectivity index (χ4n) is 1.99. The van der Waals surface area contributed by atoms with Gasteiger partial charge in [-0.15, -0.1) is 0 Å². The minimum Gasteiger partial charge on any atom is -0.507 e. The SMILES string of the molecule is Cc1cccc(C(=O)NCc2cccc(CN)c2)c1O. The normalized spacial score (nSPS) is 10.3. The maximum absolute atomic E-state index is 12.0. The Morgan fingerprint density at radius 2 is 1.90 bits per heavy atom. The molecule has 2 aromatic carbocycles. The molecule has 0 aliphatic rings. The predicted octanol–water partition coefficient (Wildman–Crippen LogP) is 2.09. The summed E-state index contributed by atoms with van der Waals surface area (Å²) in [4.78, 5) is 12.0. The second kappa shape index (κ2) is 6.21. The molecule has 0 saturated carbocycles. The molecule has 0 aliphatic carbocycles. The van der Waals surface area contributed by atoms with E-state index in [1.54, 1.807) is 25.1 Å². The third kappa shape index (κ3) is 3.16. The smallest absolute Gasteiger partial charge is 0.255 e. The van der Waals surface area contributed by atoms with E-state index in [-0.39, 0.29) is 11.7 Å². The van der Waals surface area contributed by atoms with Crippen LogP contribution in [0.15, 0.2) is 42.5 Å². The molecule has 0 heterocycles. The van der Waals surface area contributed by atoms with Crippen LogP contribution in [0.4, 0.5) is 0 Å². The van der Waals surface area contributed by atoms with E-state index in [1.165, 1.54) is 0 Å². The quantitative estimate of drug-likeness (QED) is 0.796. The first kappa shape index (κ1) is 14.1. The Morgan fingerprint density at radius 3 is 2.65 bits per heavy atom. The zero-order valence-corrected chi connectivity index (χ0v) is 11.4. The summed E-state index contributed by atoms with van der Waals surface area (Å²) in [6.45, 7) is 2.64. The molecular formula is C16H18N2O2. The largest absolute Gasteiger partial charge is 0.507 e. The predicted molar refractivity (Wildman–Crippen MR) is 78.3 cm³/mol. The lowest BCUT2D eigenvalue weighted by Gasteiger charge is -2.09. The number of hydrogen-bond acceptors (Lipinski definition) is 3. The summed E-state index contributed by atoms with van der Waals surface area (Å²) in [6, 6.07) is 12.8. The van der Waals surface area contributed by atoms with Gasteiger partial charge in [-0.05, 0) is 29.7 Å². The van der Waals surface area contributed by atoms with E-state index < -0.39 is 0 Å². The number of carbonyl (C=O) groups is 1. The van der Waals surface area contributed by atoms with Crippen molar-refractivity contribution >= 4 is 5.91 Å². The lowest BCUT2D eigenvalue weighted by atomic mass is 10.1. The van der Waals surface area contributed by atoms with Crippen molar-refractivity contribution in [3.05, 3.63) is 64.7 Å². The summed E-state index contributed by atoms with van der Waals surface area (Å²) < 4.78 is 0. The summed E-state index contributed by atoms with van der Waals surface area (Å²) in [5.41, 5.74) is 8.56. The molecule has 0 atom stereocenters. The molecule has 4 nitrogen and oxygen atoms in total. The third-order valence-corrected chi connectivity index (χ3v) is 3.16. The fraction of sp³-hybridized carbons (Fsp3) is 0.188. The van der Waals surface area contributed by atoms with Gasteiger partial charge in [-0.2, -0.15) is 0 Å². The molecule has 4 heteroatoms. The molecule has 0 fully saturated rings. The number of hydrogen-bond donors (Lipinski definition) is 3. The van der Waals surface area contributed by atoms with Crippen LogP contribution in [0.1, 0.15) is 27.0 Å². The van der Waals surface area contributed by atoms with Gasteiger partial charge in [0.25, 0.3) is 5.91 Å². The molecule has 0 saturated heterocycles. The van der Waals surface area contributed by atoms with Gasteiger partial charge in [0.2, 0.25) is 0 Å². The highest BCUT2D eigenvalue weighted by molar-refractivity contribution is 5.97. The molecule has 1 amide bonds. The average Bonchev–Trinajstić information content (AvgIpc) is 2.48. The van der Waals surface area contributed by atoms with Crippen molar-refractivity contribution in [1.82, 2.24) is 5.32 Å². The second-order valence-electron chi connectivity index (χ2n) is 4.68. The van der Waals surface area contributed by atoms with Crippen LogP contribution >= 0.6 is 0 Å². The number of amides is 1. The number of rotatable bonds is 4. The molecule has 20 heavy (non-hydrogen) atoms. The molecule has 2 aromatic rings. The van der Waals surface area contributed by atoms with Gasteiger partial charge < -0.3 is 16.2 Å². The molecule has 0 bridgehead atoms. The van der Waals surface area contributed by atoms with E-state index in [2.05, 4.69) is 5.32 Å². The third-order valence-electron chi connectivity index (χ3n) is 3.16. The van der Waals surface area contributed by atoms with Crippen LogP contribution in [-0.4, -0.2) is 11.0 Å². The number of phenolic OH excluding ortho intramolecular Hbond substituents is 1. The Bertz CT molecular complexity index is 624. The number of carbonyl (C=O) groups excluding carboxylic acids is 1. The van der Waals surface area contributed by atoms with E-state index >= 15 is 0 Å². The number of aryl methyl sites for hydroxylation is 1. The molecule has 0 unspecified atom stereocenters. The van der Waals surface area contributed by atoms with Gasteiger partial charge in [0.05, 0.1) is 5.56 Å². The van der Waals surface area contributed by atoms with Gasteiger partial charge in [0, 0.05) is 13.1 Å². The minimum absolute atomic E-state index is 0.0284. The van der Waals surface area contributed by atoms with Crippen LogP contribution in [0.5, 0.6) is 5.75 Å². The van der Waals surface area contributed by atoms with Crippen molar-refractivity contribution in [3.8, 4) is 5.75 Å². The topological polar surface area (TPSA) is 75.4 Å². The highest BCUT2D eigenvalue weighted by atomic mass is 16.3. The molecule has 2 rings (SSSR count). The van der Waals surface area contributed by atoms with Gasteiger partial charge in [-0.3, -0.25) is 4.79 Å². The first-order valence-electron chi connectivity index (χ1n) is 6.46. The summed E-state index contributed by atoms with van der Waals surface area (Å²) in [5, 5.41) is 12.7. The van der Waals surface area contributed by atoms with E-state index in [0.29, 0.717) is 24.2 Å². The van der Waals surface area contributed by atoms with Crippen LogP contribution in [-0.2, 0) is 13.1 Å². The summed E-state index contributed by atoms with van der Waals surface area (Å²) in [6.07, 6.45) is 0. The Morgan fingerprint density at radius 1 is 1.20 bits per heavy atom. The lowest BCUT2D eigenvalue weighted by molar-refractivity contribution is 0.0948. The van der Waals surface area contributed by atoms with Gasteiger partial charge >= 0.3 is 0 Å². The van der Waals surface area contributed by atoms with E-state index in [4.69, 9.17) is 5.73 Å². The maximum Gasteiger partial charge on any atom is 0.255 e. The number of aromatic hydroxyl groups is 1. The highest BCUT2D eigenvalue weighted by Crippen LogP contribution is 2.21. The van der Waals surface area contributed by atoms with Gasteiger partial charge in [0.15, 0.2) is 0 Å². The molecule has 0 aromatic heterocycles. The zero-order chi connectivity index (χ0) is 14.5. The molecule has 0 radical (unpaired) electrons. The monoisotopic (exact) mass is 270 g/mol. The molecule has 0 aliphatic heterocycles. The Balaban J connectivity index is 2.06.